The Hall–Kier alpha value is -2.71. The molecule has 4 nitrogen and oxygen atoms in total. The van der Waals surface area contributed by atoms with E-state index >= 15 is 0 Å². The van der Waals surface area contributed by atoms with Crippen LogP contribution in [-0.2, 0) is 20.4 Å². The Morgan fingerprint density at radius 2 is 1.66 bits per heavy atom. The second kappa shape index (κ2) is 9.42. The zero-order valence-electron chi connectivity index (χ0n) is 18.7. The van der Waals surface area contributed by atoms with Crippen molar-refractivity contribution in [1.82, 2.24) is 4.90 Å². The number of ether oxygens (including phenoxy) is 1. The number of hydrogen-bond acceptors (Lipinski definition) is 4. The average Bonchev–Trinajstić information content (AvgIpc) is 2.85. The van der Waals surface area contributed by atoms with E-state index in [0.29, 0.717) is 12.6 Å². The van der Waals surface area contributed by atoms with Gasteiger partial charge in [-0.25, -0.2) is 4.39 Å². The van der Waals surface area contributed by atoms with Gasteiger partial charge in [-0.3, -0.25) is 4.79 Å². The molecule has 32 heavy (non-hydrogen) atoms. The Morgan fingerprint density at radius 1 is 1.03 bits per heavy atom. The van der Waals surface area contributed by atoms with Crippen LogP contribution in [0.2, 0.25) is 0 Å². The van der Waals surface area contributed by atoms with Gasteiger partial charge in [0, 0.05) is 6.04 Å². The lowest BCUT2D eigenvalue weighted by atomic mass is 9.68. The smallest absolute Gasteiger partial charge is 0.316 e. The molecule has 2 fully saturated rings. The van der Waals surface area contributed by atoms with Crippen LogP contribution in [-0.4, -0.2) is 36.6 Å². The summed E-state index contributed by atoms with van der Waals surface area (Å²) in [5, 5.41) is 9.96. The van der Waals surface area contributed by atoms with Crippen LogP contribution in [0.15, 0.2) is 54.6 Å². The fourth-order valence-corrected chi connectivity index (χ4v) is 5.60. The first-order chi connectivity index (χ1) is 15.5. The number of rotatable bonds is 5. The van der Waals surface area contributed by atoms with E-state index in [1.807, 2.05) is 37.3 Å². The number of nitrogens with zero attached hydrogens (tertiary/aromatic N) is 2. The lowest BCUT2D eigenvalue weighted by Crippen LogP contribution is -2.52. The van der Waals surface area contributed by atoms with Crippen LogP contribution in [0.25, 0.3) is 0 Å². The maximum absolute atomic E-state index is 13.4. The van der Waals surface area contributed by atoms with Gasteiger partial charge < -0.3 is 9.64 Å². The lowest BCUT2D eigenvalue weighted by molar-refractivity contribution is -0.152. The first-order valence-electron chi connectivity index (χ1n) is 11.7. The maximum atomic E-state index is 13.4. The molecule has 1 aliphatic carbocycles. The van der Waals surface area contributed by atoms with Gasteiger partial charge in [0.15, 0.2) is 0 Å². The zero-order valence-corrected chi connectivity index (χ0v) is 18.7. The molecule has 168 valence electrons. The first-order valence-corrected chi connectivity index (χ1v) is 11.7. The number of likely N-dealkylation sites (tertiary alicyclic amines) is 1. The second-order valence-corrected chi connectivity index (χ2v) is 9.14. The Kier molecular flexibility index (Phi) is 6.62. The van der Waals surface area contributed by atoms with Gasteiger partial charge in [0.05, 0.1) is 23.5 Å². The molecule has 2 aliphatic rings. The summed E-state index contributed by atoms with van der Waals surface area (Å²) in [6, 6.07) is 19.4. The first kappa shape index (κ1) is 22.5. The quantitative estimate of drug-likeness (QED) is 0.613. The van der Waals surface area contributed by atoms with Gasteiger partial charge in [-0.1, -0.05) is 42.5 Å². The minimum Gasteiger partial charge on any atom is -0.465 e. The number of carbonyl (C=O) groups is 1. The fraction of sp³-hybridized carbons (Fsp3) is 0.481. The highest BCUT2D eigenvalue weighted by Crippen LogP contribution is 2.43. The molecule has 4 rings (SSSR count). The predicted octanol–water partition coefficient (Wildman–Crippen LogP) is 5.13. The largest absolute Gasteiger partial charge is 0.465 e. The van der Waals surface area contributed by atoms with Crippen molar-refractivity contribution in [2.24, 2.45) is 0 Å². The SMILES string of the molecule is CCOC(=O)C1(c2ccccc2)CCN(C2CCC(C#N)(c3ccc(F)cc3)CC2)CC1. The average molecular weight is 435 g/mol. The van der Waals surface area contributed by atoms with Gasteiger partial charge in [0.2, 0.25) is 0 Å². The van der Waals surface area contributed by atoms with E-state index in [9.17, 15) is 14.4 Å². The molecular formula is C27H31FN2O2. The summed E-state index contributed by atoms with van der Waals surface area (Å²) in [4.78, 5) is 15.5. The van der Waals surface area contributed by atoms with Crippen molar-refractivity contribution in [3.8, 4) is 6.07 Å². The molecule has 0 bridgehead atoms. The summed E-state index contributed by atoms with van der Waals surface area (Å²) in [7, 11) is 0. The lowest BCUT2D eigenvalue weighted by Gasteiger charge is -2.46. The van der Waals surface area contributed by atoms with E-state index in [1.54, 1.807) is 12.1 Å². The zero-order chi connectivity index (χ0) is 22.6. The third kappa shape index (κ3) is 4.17. The summed E-state index contributed by atoms with van der Waals surface area (Å²) in [5.74, 6) is -0.387. The molecule has 1 aliphatic heterocycles. The molecule has 0 N–H and O–H groups in total. The number of halogens is 1. The molecule has 0 spiro atoms. The molecule has 2 aromatic rings. The van der Waals surface area contributed by atoms with E-state index < -0.39 is 10.8 Å². The molecule has 0 aromatic heterocycles. The fourth-order valence-electron chi connectivity index (χ4n) is 5.60. The van der Waals surface area contributed by atoms with Crippen molar-refractivity contribution in [3.63, 3.8) is 0 Å². The molecular weight excluding hydrogens is 403 g/mol. The van der Waals surface area contributed by atoms with Crippen LogP contribution in [0.5, 0.6) is 0 Å². The maximum Gasteiger partial charge on any atom is 0.316 e. The van der Waals surface area contributed by atoms with Gasteiger partial charge >= 0.3 is 5.97 Å². The predicted molar refractivity (Wildman–Crippen MR) is 122 cm³/mol. The standard InChI is InChI=1S/C27H31FN2O2/c1-2-32-25(31)27(22-6-4-3-5-7-22)16-18-30(19-17-27)24-12-14-26(20-29,15-13-24)21-8-10-23(28)11-9-21/h3-11,24H,2,12-19H2,1H3. The molecule has 0 amide bonds. The molecule has 2 aromatic carbocycles. The third-order valence-electron chi connectivity index (χ3n) is 7.58. The molecule has 1 saturated heterocycles. The van der Waals surface area contributed by atoms with Crippen molar-refractivity contribution in [3.05, 3.63) is 71.5 Å². The highest BCUT2D eigenvalue weighted by atomic mass is 19.1. The minimum atomic E-state index is -0.576. The number of esters is 1. The monoisotopic (exact) mass is 434 g/mol. The molecule has 5 heteroatoms. The molecule has 1 saturated carbocycles. The third-order valence-corrected chi connectivity index (χ3v) is 7.58. The Morgan fingerprint density at radius 3 is 2.22 bits per heavy atom. The van der Waals surface area contributed by atoms with E-state index in [4.69, 9.17) is 4.74 Å². The van der Waals surface area contributed by atoms with Gasteiger partial charge in [0.25, 0.3) is 0 Å². The summed E-state index contributed by atoms with van der Waals surface area (Å²) in [6.07, 6.45) is 4.91. The summed E-state index contributed by atoms with van der Waals surface area (Å²) >= 11 is 0. The van der Waals surface area contributed by atoms with Crippen molar-refractivity contribution in [1.29, 1.82) is 5.26 Å². The van der Waals surface area contributed by atoms with Crippen LogP contribution in [0, 0.1) is 17.1 Å². The Balaban J connectivity index is 1.44. The van der Waals surface area contributed by atoms with Crippen LogP contribution in [0.3, 0.4) is 0 Å². The van der Waals surface area contributed by atoms with Crippen molar-refractivity contribution < 1.29 is 13.9 Å². The number of nitriles is 1. The van der Waals surface area contributed by atoms with Crippen LogP contribution in [0.1, 0.15) is 56.6 Å². The highest BCUT2D eigenvalue weighted by Gasteiger charge is 2.46. The second-order valence-electron chi connectivity index (χ2n) is 9.14. The van der Waals surface area contributed by atoms with E-state index in [1.165, 1.54) is 12.1 Å². The minimum absolute atomic E-state index is 0.116. The van der Waals surface area contributed by atoms with Gasteiger partial charge in [-0.2, -0.15) is 5.26 Å². The summed E-state index contributed by atoms with van der Waals surface area (Å²) in [5.41, 5.74) is 0.858. The molecule has 1 heterocycles. The van der Waals surface area contributed by atoms with Crippen LogP contribution in [0.4, 0.5) is 4.39 Å². The molecule has 0 unspecified atom stereocenters. The summed E-state index contributed by atoms with van der Waals surface area (Å²) in [6.45, 7) is 3.93. The number of hydrogen-bond donors (Lipinski definition) is 0. The van der Waals surface area contributed by atoms with Gasteiger partial charge in [0.1, 0.15) is 5.82 Å². The van der Waals surface area contributed by atoms with Crippen LogP contribution >= 0.6 is 0 Å². The number of benzene rings is 2. The topological polar surface area (TPSA) is 53.3 Å². The normalized spacial score (nSPS) is 25.6. The van der Waals surface area contributed by atoms with E-state index in [0.717, 1.165) is 62.7 Å². The molecule has 0 atom stereocenters. The number of piperidine rings is 1. The van der Waals surface area contributed by atoms with Gasteiger partial charge in [-0.15, -0.1) is 0 Å². The summed E-state index contributed by atoms with van der Waals surface area (Å²) < 4.78 is 18.9. The number of carbonyl (C=O) groups excluding carboxylic acids is 1. The van der Waals surface area contributed by atoms with Gasteiger partial charge in [-0.05, 0) is 81.8 Å². The Labute approximate surface area is 190 Å². The highest BCUT2D eigenvalue weighted by molar-refractivity contribution is 5.83. The van der Waals surface area contributed by atoms with E-state index in [2.05, 4.69) is 11.0 Å². The van der Waals surface area contributed by atoms with Crippen molar-refractivity contribution in [2.45, 2.75) is 62.3 Å². The van der Waals surface area contributed by atoms with E-state index in [-0.39, 0.29) is 11.8 Å². The Bertz CT molecular complexity index is 951. The van der Waals surface area contributed by atoms with Crippen molar-refractivity contribution in [2.75, 3.05) is 19.7 Å². The van der Waals surface area contributed by atoms with Crippen molar-refractivity contribution >= 4 is 5.97 Å². The molecule has 0 radical (unpaired) electrons. The van der Waals surface area contributed by atoms with Crippen LogP contribution < -0.4 is 0 Å².